The summed E-state index contributed by atoms with van der Waals surface area (Å²) in [6.07, 6.45) is 1.76. The summed E-state index contributed by atoms with van der Waals surface area (Å²) in [5, 5.41) is 0. The largest absolute Gasteiger partial charge is 0.398 e. The smallest absolute Gasteiger partial charge is 0.161 e. The molecule has 0 saturated carbocycles. The predicted octanol–water partition coefficient (Wildman–Crippen LogP) is 4.40. The highest BCUT2D eigenvalue weighted by molar-refractivity contribution is 6.18. The Labute approximate surface area is 177 Å². The molecule has 3 rings (SSSR count). The van der Waals surface area contributed by atoms with E-state index in [1.54, 1.807) is 25.4 Å². The molecule has 0 atom stereocenters. The van der Waals surface area contributed by atoms with E-state index in [1.165, 1.54) is 0 Å². The second-order valence-electron chi connectivity index (χ2n) is 6.05. The zero-order chi connectivity index (χ0) is 21.9. The van der Waals surface area contributed by atoms with Crippen LogP contribution in [-0.2, 0) is 0 Å². The van der Waals surface area contributed by atoms with E-state index < -0.39 is 0 Å². The molecular weight excluding hydrogens is 372 g/mol. The molecule has 0 aliphatic carbocycles. The van der Waals surface area contributed by atoms with Crippen LogP contribution >= 0.6 is 0 Å². The Kier molecular flexibility index (Phi) is 8.32. The maximum absolute atomic E-state index is 6.15. The van der Waals surface area contributed by atoms with Crippen molar-refractivity contribution in [2.75, 3.05) is 24.2 Å². The Balaban J connectivity index is 0.00000155. The van der Waals surface area contributed by atoms with E-state index in [4.69, 9.17) is 17.2 Å². The van der Waals surface area contributed by atoms with Crippen LogP contribution in [0, 0.1) is 0 Å². The minimum Gasteiger partial charge on any atom is -0.398 e. The zero-order valence-electron chi connectivity index (χ0n) is 17.6. The normalized spacial score (nSPS) is 11.8. The number of aliphatic imine (C=N–C) groups is 3. The van der Waals surface area contributed by atoms with Gasteiger partial charge in [0.15, 0.2) is 11.7 Å². The maximum atomic E-state index is 6.15. The molecule has 0 amide bonds. The van der Waals surface area contributed by atoms with Crippen molar-refractivity contribution in [2.24, 2.45) is 15.0 Å². The van der Waals surface area contributed by atoms with Crippen LogP contribution in [0.4, 0.5) is 17.1 Å². The van der Waals surface area contributed by atoms with Crippen molar-refractivity contribution in [3.63, 3.8) is 0 Å². The number of rotatable bonds is 3. The lowest BCUT2D eigenvalue weighted by Gasteiger charge is -2.11. The standard InChI is InChI=1S/C22H22N6.C2H6/c1-26-22(19-17(23)12-13-18(24)20(19)25)28-21(16-10-6-3-7-11-16)27-14-15-8-4-2-5-9-15;1-2/h2-14H,23-25H2,1H3;1-2H3. The molecule has 0 bridgehead atoms. The van der Waals surface area contributed by atoms with Gasteiger partial charge in [0, 0.05) is 24.5 Å². The summed E-state index contributed by atoms with van der Waals surface area (Å²) >= 11 is 0. The summed E-state index contributed by atoms with van der Waals surface area (Å²) in [5.41, 5.74) is 21.8. The summed E-state index contributed by atoms with van der Waals surface area (Å²) < 4.78 is 0. The second kappa shape index (κ2) is 11.2. The van der Waals surface area contributed by atoms with Crippen LogP contribution in [0.1, 0.15) is 30.5 Å². The van der Waals surface area contributed by atoms with E-state index >= 15 is 0 Å². The monoisotopic (exact) mass is 400 g/mol. The third-order valence-electron chi connectivity index (χ3n) is 4.13. The number of anilines is 3. The van der Waals surface area contributed by atoms with Gasteiger partial charge in [-0.1, -0.05) is 74.5 Å². The van der Waals surface area contributed by atoms with Crippen LogP contribution < -0.4 is 17.2 Å². The van der Waals surface area contributed by atoms with Crippen molar-refractivity contribution >= 4 is 34.9 Å². The Bertz CT molecular complexity index is 1040. The van der Waals surface area contributed by atoms with Gasteiger partial charge in [-0.05, 0) is 17.7 Å². The number of hydrogen-bond acceptors (Lipinski definition) is 4. The SMILES string of the molecule is CC.CN=C(N=C(N=Cc1ccccc1)c1ccccc1)c1c(N)ccc(N)c1N. The molecule has 0 heterocycles. The molecule has 0 aliphatic heterocycles. The molecule has 154 valence electrons. The van der Waals surface area contributed by atoms with Gasteiger partial charge < -0.3 is 17.2 Å². The van der Waals surface area contributed by atoms with Crippen molar-refractivity contribution in [1.82, 2.24) is 0 Å². The van der Waals surface area contributed by atoms with Crippen LogP contribution in [-0.4, -0.2) is 24.9 Å². The number of nitrogens with zero attached hydrogens (tertiary/aromatic N) is 3. The van der Waals surface area contributed by atoms with Gasteiger partial charge in [0.2, 0.25) is 0 Å². The molecule has 6 N–H and O–H groups in total. The van der Waals surface area contributed by atoms with E-state index in [-0.39, 0.29) is 0 Å². The predicted molar refractivity (Wildman–Crippen MR) is 131 cm³/mol. The molecule has 0 fully saturated rings. The number of hydrogen-bond donors (Lipinski definition) is 3. The van der Waals surface area contributed by atoms with E-state index in [1.807, 2.05) is 74.5 Å². The van der Waals surface area contributed by atoms with E-state index in [2.05, 4.69) is 15.0 Å². The molecule has 3 aromatic carbocycles. The molecule has 0 spiro atoms. The van der Waals surface area contributed by atoms with Gasteiger partial charge in [0.05, 0.1) is 16.9 Å². The second-order valence-corrected chi connectivity index (χ2v) is 6.05. The van der Waals surface area contributed by atoms with Crippen molar-refractivity contribution in [3.8, 4) is 0 Å². The average molecular weight is 401 g/mol. The van der Waals surface area contributed by atoms with Crippen LogP contribution in [0.3, 0.4) is 0 Å². The first kappa shape index (κ1) is 22.4. The van der Waals surface area contributed by atoms with Gasteiger partial charge in [0.1, 0.15) is 0 Å². The lowest BCUT2D eigenvalue weighted by atomic mass is 10.1. The summed E-state index contributed by atoms with van der Waals surface area (Å²) in [7, 11) is 1.63. The Morgan fingerprint density at radius 3 is 1.90 bits per heavy atom. The van der Waals surface area contributed by atoms with Crippen molar-refractivity contribution in [3.05, 3.63) is 89.5 Å². The van der Waals surface area contributed by atoms with Crippen molar-refractivity contribution in [1.29, 1.82) is 0 Å². The van der Waals surface area contributed by atoms with Gasteiger partial charge in [-0.3, -0.25) is 4.99 Å². The van der Waals surface area contributed by atoms with Gasteiger partial charge in [0.25, 0.3) is 0 Å². The third-order valence-corrected chi connectivity index (χ3v) is 4.13. The number of nitrogen functional groups attached to an aromatic ring is 3. The first-order valence-corrected chi connectivity index (χ1v) is 9.74. The van der Waals surface area contributed by atoms with Gasteiger partial charge in [-0.25, -0.2) is 9.98 Å². The molecule has 0 aromatic heterocycles. The number of nitrogens with two attached hydrogens (primary N) is 3. The molecule has 6 heteroatoms. The van der Waals surface area contributed by atoms with Crippen LogP contribution in [0.5, 0.6) is 0 Å². The van der Waals surface area contributed by atoms with Gasteiger partial charge >= 0.3 is 0 Å². The highest BCUT2D eigenvalue weighted by Gasteiger charge is 2.14. The Morgan fingerprint density at radius 2 is 1.30 bits per heavy atom. The molecule has 0 aliphatic rings. The zero-order valence-corrected chi connectivity index (χ0v) is 17.6. The summed E-state index contributed by atoms with van der Waals surface area (Å²) in [4.78, 5) is 13.5. The molecular formula is C24H28N6. The molecule has 6 nitrogen and oxygen atoms in total. The van der Waals surface area contributed by atoms with Gasteiger partial charge in [-0.15, -0.1) is 0 Å². The fourth-order valence-electron chi connectivity index (χ4n) is 2.65. The summed E-state index contributed by atoms with van der Waals surface area (Å²) in [6, 6.07) is 22.8. The minimum atomic E-state index is 0.351. The highest BCUT2D eigenvalue weighted by Crippen LogP contribution is 2.27. The molecule has 0 unspecified atom stereocenters. The van der Waals surface area contributed by atoms with Crippen molar-refractivity contribution in [2.45, 2.75) is 13.8 Å². The van der Waals surface area contributed by atoms with E-state index in [0.717, 1.165) is 11.1 Å². The van der Waals surface area contributed by atoms with Crippen molar-refractivity contribution < 1.29 is 0 Å². The third kappa shape index (κ3) is 5.54. The van der Waals surface area contributed by atoms with Crippen LogP contribution in [0.2, 0.25) is 0 Å². The Hall–Kier alpha value is -3.93. The van der Waals surface area contributed by atoms with Crippen LogP contribution in [0.25, 0.3) is 0 Å². The summed E-state index contributed by atoms with van der Waals surface area (Å²) in [5.74, 6) is 0.859. The average Bonchev–Trinajstić information content (AvgIpc) is 2.80. The van der Waals surface area contributed by atoms with Crippen LogP contribution in [0.15, 0.2) is 87.8 Å². The number of benzene rings is 3. The highest BCUT2D eigenvalue weighted by atomic mass is 15.0. The number of amidine groups is 2. The molecule has 0 radical (unpaired) electrons. The molecule has 30 heavy (non-hydrogen) atoms. The van der Waals surface area contributed by atoms with E-state index in [9.17, 15) is 0 Å². The Morgan fingerprint density at radius 1 is 0.733 bits per heavy atom. The molecule has 3 aromatic rings. The topological polar surface area (TPSA) is 115 Å². The molecule has 0 saturated heterocycles. The van der Waals surface area contributed by atoms with Gasteiger partial charge in [-0.2, -0.15) is 0 Å². The fraction of sp³-hybridized carbons (Fsp3) is 0.125. The lowest BCUT2D eigenvalue weighted by molar-refractivity contribution is 1.37. The fourth-order valence-corrected chi connectivity index (χ4v) is 2.65. The summed E-state index contributed by atoms with van der Waals surface area (Å²) in [6.45, 7) is 4.00. The minimum absolute atomic E-state index is 0.351. The maximum Gasteiger partial charge on any atom is 0.161 e. The van der Waals surface area contributed by atoms with E-state index in [0.29, 0.717) is 34.3 Å². The quantitative estimate of drug-likeness (QED) is 0.344. The first-order valence-electron chi connectivity index (χ1n) is 9.74. The lowest BCUT2D eigenvalue weighted by Crippen LogP contribution is -2.12. The first-order chi connectivity index (χ1) is 14.6.